The minimum absolute atomic E-state index is 0.133. The average molecular weight is 385 g/mol. The van der Waals surface area contributed by atoms with Gasteiger partial charge in [-0.05, 0) is 30.7 Å². The van der Waals surface area contributed by atoms with E-state index in [9.17, 15) is 4.79 Å². The second-order valence-corrected chi connectivity index (χ2v) is 7.33. The molecule has 27 heavy (non-hydrogen) atoms. The number of nitrogens with one attached hydrogen (secondary N) is 2. The molecule has 4 N–H and O–H groups in total. The van der Waals surface area contributed by atoms with Crippen molar-refractivity contribution in [1.29, 1.82) is 0 Å². The Labute approximate surface area is 162 Å². The fraction of sp³-hybridized carbons (Fsp3) is 0.316. The molecule has 7 nitrogen and oxygen atoms in total. The maximum atomic E-state index is 11.7. The van der Waals surface area contributed by atoms with Crippen LogP contribution in [0.3, 0.4) is 0 Å². The predicted octanol–water partition coefficient (Wildman–Crippen LogP) is 2.76. The van der Waals surface area contributed by atoms with Gasteiger partial charge >= 0.3 is 6.03 Å². The molecule has 1 unspecified atom stereocenters. The zero-order valence-corrected chi connectivity index (χ0v) is 16.3. The highest BCUT2D eigenvalue weighted by Gasteiger charge is 2.13. The van der Waals surface area contributed by atoms with Crippen LogP contribution < -0.4 is 16.4 Å². The van der Waals surface area contributed by atoms with Crippen LogP contribution in [0.15, 0.2) is 52.4 Å². The number of amides is 2. The Morgan fingerprint density at radius 2 is 2.04 bits per heavy atom. The molecule has 3 aromatic rings. The van der Waals surface area contributed by atoms with E-state index in [2.05, 4.69) is 26.9 Å². The lowest BCUT2D eigenvalue weighted by molar-refractivity contribution is 0.241. The highest BCUT2D eigenvalue weighted by molar-refractivity contribution is 7.99. The topological polar surface area (TPSA) is 97.3 Å². The first-order valence-corrected chi connectivity index (χ1v) is 9.76. The number of benzene rings is 1. The summed E-state index contributed by atoms with van der Waals surface area (Å²) in [4.78, 5) is 13.8. The van der Waals surface area contributed by atoms with Crippen molar-refractivity contribution < 1.29 is 4.79 Å². The molecule has 0 bridgehead atoms. The van der Waals surface area contributed by atoms with Gasteiger partial charge in [0.1, 0.15) is 5.82 Å². The Hall–Kier alpha value is -2.58. The molecular weight excluding hydrogens is 360 g/mol. The summed E-state index contributed by atoms with van der Waals surface area (Å²) in [6.45, 7) is 5.53. The number of pyridine rings is 1. The van der Waals surface area contributed by atoms with Crippen LogP contribution in [-0.4, -0.2) is 33.7 Å². The molecule has 142 valence electrons. The Bertz CT molecular complexity index is 925. The van der Waals surface area contributed by atoms with Gasteiger partial charge in [-0.25, -0.2) is 4.79 Å². The van der Waals surface area contributed by atoms with Gasteiger partial charge in [0.25, 0.3) is 0 Å². The summed E-state index contributed by atoms with van der Waals surface area (Å²) >= 11 is 1.65. The Kier molecular flexibility index (Phi) is 6.31. The zero-order valence-electron chi connectivity index (χ0n) is 15.5. The van der Waals surface area contributed by atoms with Crippen LogP contribution in [0.1, 0.15) is 31.2 Å². The molecule has 0 aliphatic heterocycles. The van der Waals surface area contributed by atoms with E-state index in [-0.39, 0.29) is 11.9 Å². The smallest absolute Gasteiger partial charge is 0.315 e. The van der Waals surface area contributed by atoms with E-state index in [4.69, 9.17) is 5.73 Å². The van der Waals surface area contributed by atoms with Gasteiger partial charge in [0.15, 0.2) is 5.65 Å². The van der Waals surface area contributed by atoms with Crippen molar-refractivity contribution in [2.45, 2.75) is 36.1 Å². The first-order valence-electron chi connectivity index (χ1n) is 8.94. The number of hydrogen-bond acceptors (Lipinski definition) is 5. The Morgan fingerprint density at radius 1 is 1.22 bits per heavy atom. The van der Waals surface area contributed by atoms with Gasteiger partial charge in [-0.2, -0.15) is 0 Å². The minimum Gasteiger partial charge on any atom is -0.338 e. The van der Waals surface area contributed by atoms with Crippen molar-refractivity contribution in [3.05, 3.63) is 54.0 Å². The molecule has 1 aromatic carbocycles. The first-order chi connectivity index (χ1) is 13.1. The van der Waals surface area contributed by atoms with Crippen molar-refractivity contribution in [3.63, 3.8) is 0 Å². The van der Waals surface area contributed by atoms with Crippen molar-refractivity contribution in [2.75, 3.05) is 13.1 Å². The molecule has 0 fully saturated rings. The van der Waals surface area contributed by atoms with Crippen LogP contribution in [0.4, 0.5) is 4.79 Å². The number of nitrogens with zero attached hydrogens (tertiary/aromatic N) is 3. The highest BCUT2D eigenvalue weighted by Crippen LogP contribution is 2.31. The van der Waals surface area contributed by atoms with E-state index < -0.39 is 0 Å². The van der Waals surface area contributed by atoms with Gasteiger partial charge in [-0.1, -0.05) is 36.9 Å². The standard InChI is InChI=1S/C19H24N6OS/c1-3-21-19(26)22-11-14-6-4-5-7-16(14)27-15-8-9-17-23-24-18(13(2)10-20)25(17)12-15/h4-9,12-13H,3,10-11,20H2,1-2H3,(H2,21,22,26). The van der Waals surface area contributed by atoms with Crippen LogP contribution in [0.25, 0.3) is 5.65 Å². The Balaban J connectivity index is 1.82. The van der Waals surface area contributed by atoms with Crippen LogP contribution in [-0.2, 0) is 6.54 Å². The molecule has 3 rings (SSSR count). The molecule has 0 spiro atoms. The number of nitrogens with two attached hydrogens (primary N) is 1. The van der Waals surface area contributed by atoms with E-state index in [1.54, 1.807) is 11.8 Å². The maximum Gasteiger partial charge on any atom is 0.315 e. The normalized spacial score (nSPS) is 12.1. The summed E-state index contributed by atoms with van der Waals surface area (Å²) in [5.74, 6) is 0.995. The largest absolute Gasteiger partial charge is 0.338 e. The summed E-state index contributed by atoms with van der Waals surface area (Å²) in [5, 5.41) is 14.1. The Morgan fingerprint density at radius 3 is 2.81 bits per heavy atom. The second-order valence-electron chi connectivity index (χ2n) is 6.21. The number of hydrogen-bond donors (Lipinski definition) is 3. The van der Waals surface area contributed by atoms with Crippen LogP contribution in [0, 0.1) is 0 Å². The number of aromatic nitrogens is 3. The van der Waals surface area contributed by atoms with E-state index in [0.717, 1.165) is 26.8 Å². The first kappa shape index (κ1) is 19.2. The third kappa shape index (κ3) is 4.58. The number of carbonyl (C=O) groups excluding carboxylic acids is 1. The van der Waals surface area contributed by atoms with Crippen molar-refractivity contribution >= 4 is 23.4 Å². The zero-order chi connectivity index (χ0) is 19.2. The second kappa shape index (κ2) is 8.88. The molecule has 0 saturated heterocycles. The molecule has 0 aliphatic carbocycles. The summed E-state index contributed by atoms with van der Waals surface area (Å²) < 4.78 is 2.00. The molecule has 2 heterocycles. The average Bonchev–Trinajstić information content (AvgIpc) is 3.10. The number of urea groups is 1. The molecular formula is C19H24N6OS. The van der Waals surface area contributed by atoms with E-state index in [1.165, 1.54) is 0 Å². The quantitative estimate of drug-likeness (QED) is 0.582. The fourth-order valence-electron chi connectivity index (χ4n) is 2.67. The summed E-state index contributed by atoms with van der Waals surface area (Å²) in [6.07, 6.45) is 2.04. The minimum atomic E-state index is -0.163. The third-order valence-corrected chi connectivity index (χ3v) is 5.27. The fourth-order valence-corrected chi connectivity index (χ4v) is 3.63. The third-order valence-electron chi connectivity index (χ3n) is 4.17. The van der Waals surface area contributed by atoms with Gasteiger partial charge in [0.2, 0.25) is 0 Å². The van der Waals surface area contributed by atoms with E-state index in [1.807, 2.05) is 54.8 Å². The maximum absolute atomic E-state index is 11.7. The SMILES string of the molecule is CCNC(=O)NCc1ccccc1Sc1ccc2nnc(C(C)CN)n2c1. The molecule has 2 aromatic heterocycles. The highest BCUT2D eigenvalue weighted by atomic mass is 32.2. The van der Waals surface area contributed by atoms with Crippen molar-refractivity contribution in [1.82, 2.24) is 25.2 Å². The lowest BCUT2D eigenvalue weighted by Crippen LogP contribution is -2.34. The number of fused-ring (bicyclic) bond motifs is 1. The van der Waals surface area contributed by atoms with Crippen LogP contribution in [0.5, 0.6) is 0 Å². The van der Waals surface area contributed by atoms with Gasteiger partial charge in [-0.15, -0.1) is 10.2 Å². The molecule has 1 atom stereocenters. The predicted molar refractivity (Wildman–Crippen MR) is 107 cm³/mol. The van der Waals surface area contributed by atoms with E-state index >= 15 is 0 Å². The molecule has 0 aliphatic rings. The van der Waals surface area contributed by atoms with Gasteiger partial charge in [0, 0.05) is 41.5 Å². The van der Waals surface area contributed by atoms with Crippen molar-refractivity contribution in [2.24, 2.45) is 5.73 Å². The summed E-state index contributed by atoms with van der Waals surface area (Å²) in [5.41, 5.74) is 7.66. The van der Waals surface area contributed by atoms with Gasteiger partial charge in [-0.3, -0.25) is 4.40 Å². The number of rotatable bonds is 7. The molecule has 0 saturated carbocycles. The molecule has 2 amide bonds. The van der Waals surface area contributed by atoms with Crippen LogP contribution >= 0.6 is 11.8 Å². The lowest BCUT2D eigenvalue weighted by atomic mass is 10.2. The van der Waals surface area contributed by atoms with Gasteiger partial charge in [0.05, 0.1) is 0 Å². The van der Waals surface area contributed by atoms with Gasteiger partial charge < -0.3 is 16.4 Å². The number of carbonyl (C=O) groups is 1. The molecule has 0 radical (unpaired) electrons. The van der Waals surface area contributed by atoms with E-state index in [0.29, 0.717) is 19.6 Å². The summed E-state index contributed by atoms with van der Waals surface area (Å²) in [7, 11) is 0. The van der Waals surface area contributed by atoms with Crippen molar-refractivity contribution in [3.8, 4) is 0 Å². The van der Waals surface area contributed by atoms with Crippen LogP contribution in [0.2, 0.25) is 0 Å². The summed E-state index contributed by atoms with van der Waals surface area (Å²) in [6, 6.07) is 11.9. The lowest BCUT2D eigenvalue weighted by Gasteiger charge is -2.11. The molecule has 8 heteroatoms. The monoisotopic (exact) mass is 384 g/mol.